The van der Waals surface area contributed by atoms with Gasteiger partial charge in [-0.25, -0.2) is 0 Å². The van der Waals surface area contributed by atoms with Crippen LogP contribution in [0.1, 0.15) is 36.1 Å². The fourth-order valence-electron chi connectivity index (χ4n) is 2.32. The Morgan fingerprint density at radius 2 is 2.28 bits per heavy atom. The minimum Gasteiger partial charge on any atom is -0.349 e. The molecule has 2 unspecified atom stereocenters. The summed E-state index contributed by atoms with van der Waals surface area (Å²) in [5, 5.41) is 3.09. The van der Waals surface area contributed by atoms with Crippen LogP contribution in [0, 0.1) is 12.8 Å². The Kier molecular flexibility index (Phi) is 5.17. The maximum Gasteiger partial charge on any atom is 0.224 e. The van der Waals surface area contributed by atoms with Crippen molar-refractivity contribution in [3.05, 3.63) is 34.9 Å². The van der Waals surface area contributed by atoms with Gasteiger partial charge in [0.05, 0.1) is 6.04 Å². The normalized spacial score (nSPS) is 18.7. The van der Waals surface area contributed by atoms with Crippen molar-refractivity contribution in [1.82, 2.24) is 5.32 Å². The molecule has 0 spiro atoms. The highest BCUT2D eigenvalue weighted by atomic mass is 35.5. The number of fused-ring (bicyclic) bond motifs is 1. The molecule has 3 N–H and O–H groups in total. The number of nitrogens with two attached hydrogens (primary N) is 1. The minimum atomic E-state index is -0.107. The van der Waals surface area contributed by atoms with Crippen LogP contribution >= 0.6 is 12.4 Å². The van der Waals surface area contributed by atoms with Gasteiger partial charge in [-0.3, -0.25) is 4.79 Å². The van der Waals surface area contributed by atoms with E-state index in [0.717, 1.165) is 12.8 Å². The molecule has 1 aliphatic rings. The summed E-state index contributed by atoms with van der Waals surface area (Å²) in [6.07, 6.45) is 2.06. The fourth-order valence-corrected chi connectivity index (χ4v) is 2.32. The lowest BCUT2D eigenvalue weighted by molar-refractivity contribution is -0.124. The molecule has 0 radical (unpaired) electrons. The number of nitrogens with one attached hydrogen (secondary N) is 1. The predicted molar refractivity (Wildman–Crippen MR) is 75.9 cm³/mol. The zero-order valence-electron chi connectivity index (χ0n) is 10.9. The third kappa shape index (κ3) is 3.03. The third-order valence-corrected chi connectivity index (χ3v) is 3.49. The summed E-state index contributed by atoms with van der Waals surface area (Å²) < 4.78 is 0. The van der Waals surface area contributed by atoms with Crippen LogP contribution in [-0.4, -0.2) is 12.5 Å². The van der Waals surface area contributed by atoms with E-state index in [9.17, 15) is 4.79 Å². The molecule has 1 amide bonds. The van der Waals surface area contributed by atoms with Gasteiger partial charge in [0.1, 0.15) is 0 Å². The standard InChI is InChI=1S/C14H20N2O.ClH/c1-9-3-5-12-11(7-9)4-6-13(12)16-14(17)10(2)8-15;/h3,5,7,10,13H,4,6,8,15H2,1-2H3,(H,16,17);1H. The Morgan fingerprint density at radius 3 is 2.94 bits per heavy atom. The van der Waals surface area contributed by atoms with Crippen molar-refractivity contribution in [1.29, 1.82) is 0 Å². The van der Waals surface area contributed by atoms with Crippen LogP contribution in [0.15, 0.2) is 18.2 Å². The quantitative estimate of drug-likeness (QED) is 0.882. The average Bonchev–Trinajstić information content (AvgIpc) is 2.70. The molecule has 3 nitrogen and oxygen atoms in total. The third-order valence-electron chi connectivity index (χ3n) is 3.49. The monoisotopic (exact) mass is 268 g/mol. The molecule has 4 heteroatoms. The number of carbonyl (C=O) groups excluding carboxylic acids is 1. The Morgan fingerprint density at radius 1 is 1.56 bits per heavy atom. The first kappa shape index (κ1) is 15.0. The topological polar surface area (TPSA) is 55.1 Å². The molecule has 1 aliphatic carbocycles. The van der Waals surface area contributed by atoms with Crippen LogP contribution in [0.5, 0.6) is 0 Å². The largest absolute Gasteiger partial charge is 0.349 e. The Bertz CT molecular complexity index is 434. The molecule has 0 saturated heterocycles. The molecule has 2 atom stereocenters. The van der Waals surface area contributed by atoms with Gasteiger partial charge in [0.25, 0.3) is 0 Å². The molecule has 0 aliphatic heterocycles. The molecule has 100 valence electrons. The van der Waals surface area contributed by atoms with Crippen molar-refractivity contribution >= 4 is 18.3 Å². The average molecular weight is 269 g/mol. The van der Waals surface area contributed by atoms with Gasteiger partial charge in [0.2, 0.25) is 5.91 Å². The first-order chi connectivity index (χ1) is 8.11. The number of hydrogen-bond acceptors (Lipinski definition) is 2. The van der Waals surface area contributed by atoms with Crippen LogP contribution in [-0.2, 0) is 11.2 Å². The number of amides is 1. The van der Waals surface area contributed by atoms with E-state index in [4.69, 9.17) is 5.73 Å². The van der Waals surface area contributed by atoms with E-state index >= 15 is 0 Å². The van der Waals surface area contributed by atoms with Crippen molar-refractivity contribution in [2.45, 2.75) is 32.7 Å². The predicted octanol–water partition coefficient (Wildman–Crippen LogP) is 2.12. The Hall–Kier alpha value is -1.06. The highest BCUT2D eigenvalue weighted by Crippen LogP contribution is 2.31. The van der Waals surface area contributed by atoms with Crippen molar-refractivity contribution in [3.63, 3.8) is 0 Å². The van der Waals surface area contributed by atoms with Gasteiger partial charge < -0.3 is 11.1 Å². The van der Waals surface area contributed by atoms with Gasteiger partial charge in [0.15, 0.2) is 0 Å². The summed E-state index contributed by atoms with van der Waals surface area (Å²) in [4.78, 5) is 11.8. The molecule has 18 heavy (non-hydrogen) atoms. The van der Waals surface area contributed by atoms with Gasteiger partial charge in [-0.15, -0.1) is 12.4 Å². The van der Waals surface area contributed by atoms with Crippen LogP contribution in [0.3, 0.4) is 0 Å². The Labute approximate surface area is 115 Å². The van der Waals surface area contributed by atoms with E-state index in [1.165, 1.54) is 16.7 Å². The maximum absolute atomic E-state index is 11.8. The van der Waals surface area contributed by atoms with Gasteiger partial charge in [-0.05, 0) is 30.9 Å². The number of benzene rings is 1. The molecule has 1 aromatic carbocycles. The molecule has 0 saturated carbocycles. The van der Waals surface area contributed by atoms with Crippen LogP contribution in [0.4, 0.5) is 0 Å². The van der Waals surface area contributed by atoms with Crippen LogP contribution < -0.4 is 11.1 Å². The smallest absolute Gasteiger partial charge is 0.224 e. The van der Waals surface area contributed by atoms with Gasteiger partial charge in [-0.1, -0.05) is 30.7 Å². The summed E-state index contributed by atoms with van der Waals surface area (Å²) in [5.41, 5.74) is 9.43. The van der Waals surface area contributed by atoms with E-state index in [2.05, 4.69) is 30.4 Å². The number of hydrogen-bond donors (Lipinski definition) is 2. The number of carbonyl (C=O) groups is 1. The summed E-state index contributed by atoms with van der Waals surface area (Å²) in [6.45, 7) is 4.36. The lowest BCUT2D eigenvalue weighted by atomic mass is 10.0. The number of aryl methyl sites for hydroxylation is 2. The highest BCUT2D eigenvalue weighted by molar-refractivity contribution is 5.85. The van der Waals surface area contributed by atoms with Gasteiger partial charge in [-0.2, -0.15) is 0 Å². The second kappa shape index (κ2) is 6.21. The first-order valence-electron chi connectivity index (χ1n) is 6.21. The van der Waals surface area contributed by atoms with E-state index < -0.39 is 0 Å². The van der Waals surface area contributed by atoms with E-state index in [1.807, 2.05) is 6.92 Å². The van der Waals surface area contributed by atoms with Gasteiger partial charge >= 0.3 is 0 Å². The van der Waals surface area contributed by atoms with E-state index in [-0.39, 0.29) is 30.3 Å². The van der Waals surface area contributed by atoms with Crippen molar-refractivity contribution in [2.24, 2.45) is 11.7 Å². The minimum absolute atomic E-state index is 0. The second-order valence-corrected chi connectivity index (χ2v) is 4.94. The second-order valence-electron chi connectivity index (χ2n) is 4.94. The van der Waals surface area contributed by atoms with E-state index in [1.54, 1.807) is 0 Å². The molecular formula is C14H21ClN2O. The SMILES string of the molecule is Cc1ccc2c(c1)CCC2NC(=O)C(C)CN.Cl. The molecule has 0 fully saturated rings. The molecule has 0 heterocycles. The molecule has 1 aromatic rings. The summed E-state index contributed by atoms with van der Waals surface area (Å²) in [7, 11) is 0. The van der Waals surface area contributed by atoms with Crippen molar-refractivity contribution < 1.29 is 4.79 Å². The summed E-state index contributed by atoms with van der Waals surface area (Å²) >= 11 is 0. The first-order valence-corrected chi connectivity index (χ1v) is 6.21. The van der Waals surface area contributed by atoms with Crippen molar-refractivity contribution in [3.8, 4) is 0 Å². The molecule has 2 rings (SSSR count). The van der Waals surface area contributed by atoms with Crippen LogP contribution in [0.2, 0.25) is 0 Å². The summed E-state index contributed by atoms with van der Waals surface area (Å²) in [5.74, 6) is -0.0459. The lowest BCUT2D eigenvalue weighted by Crippen LogP contribution is -2.35. The number of rotatable bonds is 3. The maximum atomic E-state index is 11.8. The van der Waals surface area contributed by atoms with E-state index in [0.29, 0.717) is 6.54 Å². The summed E-state index contributed by atoms with van der Waals surface area (Å²) in [6, 6.07) is 6.63. The van der Waals surface area contributed by atoms with Crippen molar-refractivity contribution in [2.75, 3.05) is 6.54 Å². The fraction of sp³-hybridized carbons (Fsp3) is 0.500. The zero-order chi connectivity index (χ0) is 12.4. The molecule has 0 aromatic heterocycles. The molecular weight excluding hydrogens is 248 g/mol. The van der Waals surface area contributed by atoms with Gasteiger partial charge in [0, 0.05) is 12.5 Å². The number of halogens is 1. The molecule has 0 bridgehead atoms. The van der Waals surface area contributed by atoms with Crippen LogP contribution in [0.25, 0.3) is 0 Å². The lowest BCUT2D eigenvalue weighted by Gasteiger charge is -2.17. The highest BCUT2D eigenvalue weighted by Gasteiger charge is 2.25. The Balaban J connectivity index is 0.00000162. The zero-order valence-corrected chi connectivity index (χ0v) is 11.7.